The first kappa shape index (κ1) is 39.0. The second kappa shape index (κ2) is 15.0. The number of ether oxygens (including phenoxy) is 2. The predicted molar refractivity (Wildman–Crippen MR) is 188 cm³/mol. The molecule has 4 atom stereocenters. The van der Waals surface area contributed by atoms with Gasteiger partial charge in [-0.15, -0.1) is 0 Å². The molecule has 0 bridgehead atoms. The van der Waals surface area contributed by atoms with E-state index in [2.05, 4.69) is 21.0 Å². The largest absolute Gasteiger partial charge is 0.480 e. The first-order valence-electron chi connectivity index (χ1n) is 16.7. The number of carboxylic acids is 1. The number of hydrogen-bond donors (Lipinski definition) is 7. The minimum atomic E-state index is -4.44. The lowest BCUT2D eigenvalue weighted by atomic mass is 9.77. The van der Waals surface area contributed by atoms with E-state index >= 15 is 0 Å². The first-order valence-corrected chi connectivity index (χ1v) is 18.3. The van der Waals surface area contributed by atoms with Crippen molar-refractivity contribution in [3.05, 3.63) is 82.9 Å². The number of nitrogens with two attached hydrogens (primary N) is 2. The SMILES string of the molecule is C[C@H](NP(=O)(Oc1ccc2c(c1)Oc1cc(NCC(F)(F)F)ccc1C21OCc2ccccc21)C(C)(C)C)C(=O)NC(CCCNC(N)N)C(=O)O. The fraction of sp³-hybridized carbons (Fsp3) is 0.429. The standard InChI is InChI=1S/C35H44F3N6O7P/c1-20(30(45)43-27(31(46)47)10-7-15-41-32(39)40)44-52(48,33(2,3)4)51-23-12-14-26-29(17-23)50-28-16-22(42-19-34(36,37)38)11-13-25(28)35(26)24-9-6-5-8-21(24)18-49-35/h5-6,8-9,11-14,16-17,20,27,32,41-42H,7,10,15,18-19,39-40H2,1-4H3,(H,43,45)(H,44,48)(H,46,47)/t20-,27?,35?,52?/m0/s1. The van der Waals surface area contributed by atoms with Crippen LogP contribution in [0.4, 0.5) is 18.9 Å². The summed E-state index contributed by atoms with van der Waals surface area (Å²) in [5.41, 5.74) is 12.9. The monoisotopic (exact) mass is 748 g/mol. The number of aliphatic carboxylic acids is 1. The van der Waals surface area contributed by atoms with Crippen LogP contribution < -0.4 is 41.8 Å². The van der Waals surface area contributed by atoms with Gasteiger partial charge in [-0.05, 0) is 82.5 Å². The number of benzene rings is 3. The zero-order chi connectivity index (χ0) is 38.1. The van der Waals surface area contributed by atoms with E-state index in [1.54, 1.807) is 45.0 Å². The van der Waals surface area contributed by atoms with E-state index in [0.717, 1.165) is 11.1 Å². The fourth-order valence-electron chi connectivity index (χ4n) is 6.06. The van der Waals surface area contributed by atoms with E-state index in [1.165, 1.54) is 19.1 Å². The van der Waals surface area contributed by atoms with E-state index in [4.69, 9.17) is 25.5 Å². The molecule has 2 aliphatic rings. The van der Waals surface area contributed by atoms with Crippen molar-refractivity contribution < 1.29 is 46.4 Å². The number of hydrogen-bond acceptors (Lipinski definition) is 10. The van der Waals surface area contributed by atoms with Gasteiger partial charge in [0.15, 0.2) is 5.60 Å². The Balaban J connectivity index is 1.42. The molecule has 3 aromatic rings. The van der Waals surface area contributed by atoms with Gasteiger partial charge in [0.2, 0.25) is 5.91 Å². The molecule has 0 fully saturated rings. The lowest BCUT2D eigenvalue weighted by Crippen LogP contribution is -2.50. The third kappa shape index (κ3) is 8.38. The highest BCUT2D eigenvalue weighted by atomic mass is 31.2. The number of rotatable bonds is 14. The highest BCUT2D eigenvalue weighted by molar-refractivity contribution is 7.59. The number of nitrogens with one attached hydrogen (secondary N) is 4. The molecule has 3 unspecified atom stereocenters. The van der Waals surface area contributed by atoms with E-state index in [1.807, 2.05) is 24.3 Å². The number of carbonyl (C=O) groups is 2. The van der Waals surface area contributed by atoms with Crippen molar-refractivity contribution in [3.8, 4) is 17.2 Å². The first-order chi connectivity index (χ1) is 24.3. The summed E-state index contributed by atoms with van der Waals surface area (Å²) in [5.74, 6) is -1.31. The second-order valence-electron chi connectivity index (χ2n) is 13.8. The number of alkyl halides is 3. The summed E-state index contributed by atoms with van der Waals surface area (Å²) in [6.07, 6.45) is -4.75. The number of anilines is 1. The molecule has 0 aliphatic carbocycles. The van der Waals surface area contributed by atoms with E-state index in [0.29, 0.717) is 24.1 Å². The van der Waals surface area contributed by atoms with Crippen LogP contribution in [0.2, 0.25) is 0 Å². The van der Waals surface area contributed by atoms with Gasteiger partial charge in [-0.25, -0.2) is 9.88 Å². The number of halogens is 3. The average molecular weight is 749 g/mol. The molecule has 2 heterocycles. The number of carboxylic acid groups (broad SMARTS) is 1. The van der Waals surface area contributed by atoms with Crippen molar-refractivity contribution in [1.29, 1.82) is 0 Å². The number of fused-ring (bicyclic) bond motifs is 6. The number of amides is 1. The summed E-state index contributed by atoms with van der Waals surface area (Å²) in [5, 5.41) is 19.1. The molecule has 282 valence electrons. The van der Waals surface area contributed by atoms with Crippen LogP contribution in [0.15, 0.2) is 60.7 Å². The van der Waals surface area contributed by atoms with Crippen molar-refractivity contribution in [2.45, 2.75) is 82.5 Å². The molecule has 3 aromatic carbocycles. The molecule has 0 radical (unpaired) electrons. The minimum absolute atomic E-state index is 0.0920. The van der Waals surface area contributed by atoms with Gasteiger partial charge in [-0.2, -0.15) is 13.2 Å². The van der Waals surface area contributed by atoms with Gasteiger partial charge in [-0.1, -0.05) is 24.3 Å². The predicted octanol–water partition coefficient (Wildman–Crippen LogP) is 5.08. The summed E-state index contributed by atoms with van der Waals surface area (Å²) < 4.78 is 72.7. The van der Waals surface area contributed by atoms with Gasteiger partial charge in [-0.3, -0.25) is 14.7 Å². The summed E-state index contributed by atoms with van der Waals surface area (Å²) in [7, 11) is -3.96. The molecule has 9 N–H and O–H groups in total. The molecule has 1 amide bonds. The Morgan fingerprint density at radius 3 is 2.35 bits per heavy atom. The van der Waals surface area contributed by atoms with Gasteiger partial charge in [0.1, 0.15) is 36.1 Å². The van der Waals surface area contributed by atoms with Gasteiger partial charge in [0.25, 0.3) is 0 Å². The van der Waals surface area contributed by atoms with Crippen LogP contribution in [0.25, 0.3) is 0 Å². The van der Waals surface area contributed by atoms with Crippen LogP contribution in [-0.2, 0) is 31.1 Å². The number of carbonyl (C=O) groups excluding carboxylic acids is 1. The summed E-state index contributed by atoms with van der Waals surface area (Å²) in [6.45, 7) is 5.81. The Labute approximate surface area is 299 Å². The van der Waals surface area contributed by atoms with Crippen molar-refractivity contribution in [2.24, 2.45) is 11.5 Å². The Bertz CT molecular complexity index is 1850. The normalized spacial score (nSPS) is 18.7. The molecule has 1 spiro atoms. The van der Waals surface area contributed by atoms with Gasteiger partial charge in [0.05, 0.1) is 17.8 Å². The van der Waals surface area contributed by atoms with Crippen molar-refractivity contribution in [2.75, 3.05) is 18.4 Å². The molecule has 2 aliphatic heterocycles. The van der Waals surface area contributed by atoms with Crippen molar-refractivity contribution in [3.63, 3.8) is 0 Å². The molecular weight excluding hydrogens is 704 g/mol. The molecule has 52 heavy (non-hydrogen) atoms. The van der Waals surface area contributed by atoms with Crippen LogP contribution in [-0.4, -0.2) is 59.8 Å². The van der Waals surface area contributed by atoms with Crippen LogP contribution in [0, 0.1) is 0 Å². The molecule has 0 saturated carbocycles. The molecule has 5 rings (SSSR count). The maximum atomic E-state index is 14.6. The van der Waals surface area contributed by atoms with Gasteiger partial charge < -0.3 is 41.2 Å². The summed E-state index contributed by atoms with van der Waals surface area (Å²) in [6, 6.07) is 14.8. The van der Waals surface area contributed by atoms with E-state index in [9.17, 15) is 32.4 Å². The van der Waals surface area contributed by atoms with Crippen molar-refractivity contribution in [1.82, 2.24) is 15.7 Å². The minimum Gasteiger partial charge on any atom is -0.480 e. The lowest BCUT2D eigenvalue weighted by molar-refractivity contribution is -0.142. The third-order valence-electron chi connectivity index (χ3n) is 8.79. The zero-order valence-electron chi connectivity index (χ0n) is 29.2. The third-order valence-corrected chi connectivity index (χ3v) is 11.7. The Hall–Kier alpha value is -4.18. The summed E-state index contributed by atoms with van der Waals surface area (Å²) in [4.78, 5) is 25.0. The topological polar surface area (TPSA) is 199 Å². The average Bonchev–Trinajstić information content (AvgIpc) is 3.43. The molecule has 13 nitrogen and oxygen atoms in total. The fourth-order valence-corrected chi connectivity index (χ4v) is 7.81. The molecule has 0 aromatic heterocycles. The maximum absolute atomic E-state index is 14.6. The molecule has 17 heteroatoms. The van der Waals surface area contributed by atoms with Crippen LogP contribution in [0.3, 0.4) is 0 Å². The quantitative estimate of drug-likeness (QED) is 0.0657. The highest BCUT2D eigenvalue weighted by Gasteiger charge is 2.50. The van der Waals surface area contributed by atoms with E-state index in [-0.39, 0.29) is 36.0 Å². The lowest BCUT2D eigenvalue weighted by Gasteiger charge is -2.38. The highest BCUT2D eigenvalue weighted by Crippen LogP contribution is 2.59. The van der Waals surface area contributed by atoms with Crippen LogP contribution in [0.1, 0.15) is 62.8 Å². The Morgan fingerprint density at radius 1 is 1.02 bits per heavy atom. The smallest absolute Gasteiger partial charge is 0.405 e. The molecule has 0 saturated heterocycles. The van der Waals surface area contributed by atoms with Gasteiger partial charge in [0, 0.05) is 28.9 Å². The van der Waals surface area contributed by atoms with Crippen LogP contribution >= 0.6 is 7.52 Å². The maximum Gasteiger partial charge on any atom is 0.405 e. The Kier molecular flexibility index (Phi) is 11.3. The zero-order valence-corrected chi connectivity index (χ0v) is 30.1. The van der Waals surface area contributed by atoms with Gasteiger partial charge >= 0.3 is 19.7 Å². The van der Waals surface area contributed by atoms with E-state index < -0.39 is 61.2 Å². The second-order valence-corrected chi connectivity index (χ2v) is 16.6. The van der Waals surface area contributed by atoms with Crippen molar-refractivity contribution >= 4 is 25.1 Å². The Morgan fingerprint density at radius 2 is 1.69 bits per heavy atom. The summed E-state index contributed by atoms with van der Waals surface area (Å²) >= 11 is 0. The van der Waals surface area contributed by atoms with Crippen LogP contribution in [0.5, 0.6) is 17.2 Å². The molecular formula is C35H44F3N6O7P.